The summed E-state index contributed by atoms with van der Waals surface area (Å²) in [5, 5.41) is 8.70. The van der Waals surface area contributed by atoms with Gasteiger partial charge in [0.05, 0.1) is 5.57 Å². The highest BCUT2D eigenvalue weighted by molar-refractivity contribution is 5.90. The molecule has 2 nitrogen and oxygen atoms in total. The van der Waals surface area contributed by atoms with Gasteiger partial charge in [0, 0.05) is 0 Å². The highest BCUT2D eigenvalue weighted by Gasteiger charge is 1.98. The third-order valence-electron chi connectivity index (χ3n) is 1.83. The Balaban J connectivity index is 2.75. The van der Waals surface area contributed by atoms with Crippen LogP contribution in [0.4, 0.5) is 0 Å². The summed E-state index contributed by atoms with van der Waals surface area (Å²) in [5.74, 6) is -0.970. The smallest absolute Gasteiger partial charge is 0.335 e. The van der Waals surface area contributed by atoms with Crippen LogP contribution >= 0.6 is 0 Å². The molecular weight excluding hydrogens is 188 g/mol. The van der Waals surface area contributed by atoms with Gasteiger partial charge in [-0.05, 0) is 11.6 Å². The molecule has 1 rings (SSSR count). The fourth-order valence-electron chi connectivity index (χ4n) is 1.05. The maximum absolute atomic E-state index is 10.6. The van der Waals surface area contributed by atoms with Crippen LogP contribution in [0.3, 0.4) is 0 Å². The zero-order valence-electron chi connectivity index (χ0n) is 8.26. The Labute approximate surface area is 88.9 Å². The Bertz CT molecular complexity index is 400. The summed E-state index contributed by atoms with van der Waals surface area (Å²) in [6.07, 6.45) is 6.37. The second kappa shape index (κ2) is 5.60. The van der Waals surface area contributed by atoms with Crippen LogP contribution in [0.15, 0.2) is 60.7 Å². The molecule has 0 radical (unpaired) electrons. The first-order valence-corrected chi connectivity index (χ1v) is 4.53. The first-order chi connectivity index (χ1) is 7.24. The number of aliphatic carboxylic acids is 1. The Kier molecular flexibility index (Phi) is 4.10. The Morgan fingerprint density at radius 3 is 2.47 bits per heavy atom. The van der Waals surface area contributed by atoms with Gasteiger partial charge in [0.25, 0.3) is 0 Å². The fraction of sp³-hybridized carbons (Fsp3) is 0. The lowest BCUT2D eigenvalue weighted by Crippen LogP contribution is -1.95. The van der Waals surface area contributed by atoms with Gasteiger partial charge in [0.15, 0.2) is 0 Å². The van der Waals surface area contributed by atoms with E-state index in [4.69, 9.17) is 5.11 Å². The SMILES string of the molecule is C=C/C(=C/C=C/c1ccccc1)C(=O)O. The van der Waals surface area contributed by atoms with Crippen molar-refractivity contribution in [3.8, 4) is 0 Å². The number of carbonyl (C=O) groups is 1. The average Bonchev–Trinajstić information content (AvgIpc) is 2.25. The lowest BCUT2D eigenvalue weighted by atomic mass is 10.2. The normalized spacial score (nSPS) is 11.6. The van der Waals surface area contributed by atoms with Crippen molar-refractivity contribution >= 4 is 12.0 Å². The summed E-state index contributed by atoms with van der Waals surface area (Å²) in [7, 11) is 0. The highest BCUT2D eigenvalue weighted by atomic mass is 16.4. The molecule has 0 unspecified atom stereocenters. The summed E-state index contributed by atoms with van der Waals surface area (Å²) in [6, 6.07) is 9.67. The molecule has 0 bridgehead atoms. The van der Waals surface area contributed by atoms with Crippen molar-refractivity contribution in [3.05, 3.63) is 66.3 Å². The van der Waals surface area contributed by atoms with Gasteiger partial charge in [-0.1, -0.05) is 55.1 Å². The second-order valence-electron chi connectivity index (χ2n) is 2.90. The predicted octanol–water partition coefficient (Wildman–Crippen LogP) is 2.90. The van der Waals surface area contributed by atoms with Gasteiger partial charge in [-0.15, -0.1) is 0 Å². The number of carboxylic acid groups (broad SMARTS) is 1. The molecule has 2 heteroatoms. The maximum Gasteiger partial charge on any atom is 0.335 e. The van der Waals surface area contributed by atoms with Gasteiger partial charge in [-0.3, -0.25) is 0 Å². The van der Waals surface area contributed by atoms with E-state index in [1.807, 2.05) is 36.4 Å². The molecule has 0 fully saturated rings. The highest BCUT2D eigenvalue weighted by Crippen LogP contribution is 2.02. The quantitative estimate of drug-likeness (QED) is 0.599. The molecule has 0 amide bonds. The van der Waals surface area contributed by atoms with E-state index in [-0.39, 0.29) is 5.57 Å². The van der Waals surface area contributed by atoms with E-state index in [0.29, 0.717) is 0 Å². The second-order valence-corrected chi connectivity index (χ2v) is 2.90. The molecule has 0 heterocycles. The number of hydrogen-bond acceptors (Lipinski definition) is 1. The van der Waals surface area contributed by atoms with Crippen molar-refractivity contribution in [1.82, 2.24) is 0 Å². The van der Waals surface area contributed by atoms with Crippen molar-refractivity contribution in [1.29, 1.82) is 0 Å². The summed E-state index contributed by atoms with van der Waals surface area (Å²) < 4.78 is 0. The predicted molar refractivity (Wildman–Crippen MR) is 61.4 cm³/mol. The molecule has 0 aliphatic carbocycles. The van der Waals surface area contributed by atoms with Gasteiger partial charge in [-0.25, -0.2) is 4.79 Å². The summed E-state index contributed by atoms with van der Waals surface area (Å²) in [6.45, 7) is 3.42. The summed E-state index contributed by atoms with van der Waals surface area (Å²) in [4.78, 5) is 10.6. The topological polar surface area (TPSA) is 37.3 Å². The van der Waals surface area contributed by atoms with Gasteiger partial charge >= 0.3 is 5.97 Å². The van der Waals surface area contributed by atoms with Crippen molar-refractivity contribution in [2.75, 3.05) is 0 Å². The monoisotopic (exact) mass is 200 g/mol. The van der Waals surface area contributed by atoms with Gasteiger partial charge in [-0.2, -0.15) is 0 Å². The lowest BCUT2D eigenvalue weighted by Gasteiger charge is -1.91. The first kappa shape index (κ1) is 11.0. The lowest BCUT2D eigenvalue weighted by molar-refractivity contribution is -0.132. The van der Waals surface area contributed by atoms with Crippen LogP contribution in [0.5, 0.6) is 0 Å². The molecule has 0 spiro atoms. The molecule has 76 valence electrons. The molecule has 0 saturated carbocycles. The molecule has 1 aromatic rings. The minimum absolute atomic E-state index is 0.183. The number of hydrogen-bond donors (Lipinski definition) is 1. The number of rotatable bonds is 4. The van der Waals surface area contributed by atoms with Crippen LogP contribution in [0, 0.1) is 0 Å². The molecule has 15 heavy (non-hydrogen) atoms. The Morgan fingerprint density at radius 2 is 1.93 bits per heavy atom. The van der Waals surface area contributed by atoms with Crippen molar-refractivity contribution in [2.45, 2.75) is 0 Å². The zero-order chi connectivity index (χ0) is 11.1. The standard InChI is InChI=1S/C13H12O2/c1-2-12(13(14)15)10-6-9-11-7-4-3-5-8-11/h2-10H,1H2,(H,14,15)/b9-6+,12-10-. The van der Waals surface area contributed by atoms with Crippen LogP contribution in [0.25, 0.3) is 6.08 Å². The minimum atomic E-state index is -0.970. The van der Waals surface area contributed by atoms with Crippen molar-refractivity contribution in [2.24, 2.45) is 0 Å². The maximum atomic E-state index is 10.6. The van der Waals surface area contributed by atoms with E-state index >= 15 is 0 Å². The van der Waals surface area contributed by atoms with Gasteiger partial charge in [0.1, 0.15) is 0 Å². The first-order valence-electron chi connectivity index (χ1n) is 4.53. The molecular formula is C13H12O2. The number of benzene rings is 1. The van der Waals surface area contributed by atoms with E-state index in [0.717, 1.165) is 5.56 Å². The van der Waals surface area contributed by atoms with Crippen LogP contribution in [-0.2, 0) is 4.79 Å². The van der Waals surface area contributed by atoms with Crippen LogP contribution < -0.4 is 0 Å². The number of allylic oxidation sites excluding steroid dienone is 2. The zero-order valence-corrected chi connectivity index (χ0v) is 8.26. The molecule has 0 atom stereocenters. The Morgan fingerprint density at radius 1 is 1.27 bits per heavy atom. The summed E-state index contributed by atoms with van der Waals surface area (Å²) >= 11 is 0. The third kappa shape index (κ3) is 3.65. The third-order valence-corrected chi connectivity index (χ3v) is 1.83. The summed E-state index contributed by atoms with van der Waals surface area (Å²) in [5.41, 5.74) is 1.21. The van der Waals surface area contributed by atoms with E-state index in [1.54, 1.807) is 6.08 Å². The minimum Gasteiger partial charge on any atom is -0.478 e. The van der Waals surface area contributed by atoms with Gasteiger partial charge < -0.3 is 5.11 Å². The molecule has 1 aromatic carbocycles. The van der Waals surface area contributed by atoms with E-state index in [2.05, 4.69) is 6.58 Å². The van der Waals surface area contributed by atoms with Crippen molar-refractivity contribution in [3.63, 3.8) is 0 Å². The number of carboxylic acids is 1. The molecule has 0 aromatic heterocycles. The van der Waals surface area contributed by atoms with E-state index < -0.39 is 5.97 Å². The molecule has 1 N–H and O–H groups in total. The van der Waals surface area contributed by atoms with Crippen molar-refractivity contribution < 1.29 is 9.90 Å². The van der Waals surface area contributed by atoms with E-state index in [1.165, 1.54) is 12.2 Å². The van der Waals surface area contributed by atoms with Crippen LogP contribution in [0.2, 0.25) is 0 Å². The molecule has 0 aliphatic heterocycles. The average molecular weight is 200 g/mol. The molecule has 0 aliphatic rings. The largest absolute Gasteiger partial charge is 0.478 e. The molecule has 0 saturated heterocycles. The fourth-order valence-corrected chi connectivity index (χ4v) is 1.05. The van der Waals surface area contributed by atoms with Gasteiger partial charge in [0.2, 0.25) is 0 Å². The van der Waals surface area contributed by atoms with Crippen LogP contribution in [-0.4, -0.2) is 11.1 Å². The Hall–Kier alpha value is -2.09. The van der Waals surface area contributed by atoms with E-state index in [9.17, 15) is 4.79 Å². The van der Waals surface area contributed by atoms with Crippen LogP contribution in [0.1, 0.15) is 5.56 Å².